The fourth-order valence-electron chi connectivity index (χ4n) is 2.53. The molecule has 0 bridgehead atoms. The van der Waals surface area contributed by atoms with Crippen molar-refractivity contribution >= 4 is 17.5 Å². The van der Waals surface area contributed by atoms with E-state index < -0.39 is 0 Å². The Balaban J connectivity index is 2.20. The molecular weight excluding hydrogens is 354 g/mol. The first-order chi connectivity index (χ1) is 12.5. The average Bonchev–Trinajstić information content (AvgIpc) is 3.01. The van der Waals surface area contributed by atoms with Crippen molar-refractivity contribution in [1.29, 1.82) is 0 Å². The van der Waals surface area contributed by atoms with Gasteiger partial charge in [0.2, 0.25) is 0 Å². The lowest BCUT2D eigenvalue weighted by Crippen LogP contribution is -2.26. The maximum absolute atomic E-state index is 12.8. The molecule has 0 saturated heterocycles. The van der Waals surface area contributed by atoms with Crippen LogP contribution in [0.25, 0.3) is 0 Å². The molecule has 0 aliphatic heterocycles. The van der Waals surface area contributed by atoms with Crippen LogP contribution < -0.4 is 9.47 Å². The zero-order valence-electron chi connectivity index (χ0n) is 15.8. The Kier molecular flexibility index (Phi) is 7.33. The van der Waals surface area contributed by atoms with Gasteiger partial charge in [-0.1, -0.05) is 24.9 Å². The number of amides is 1. The molecule has 0 saturated carbocycles. The maximum atomic E-state index is 12.8. The molecule has 6 nitrogen and oxygen atoms in total. The highest BCUT2D eigenvalue weighted by atomic mass is 35.5. The maximum Gasteiger partial charge on any atom is 0.254 e. The summed E-state index contributed by atoms with van der Waals surface area (Å²) < 4.78 is 13.1. The highest BCUT2D eigenvalue weighted by molar-refractivity contribution is 6.32. The van der Waals surface area contributed by atoms with E-state index in [0.717, 1.165) is 18.4 Å². The quantitative estimate of drug-likeness (QED) is 0.619. The molecule has 2 rings (SSSR count). The molecule has 0 unspecified atom stereocenters. The average molecular weight is 380 g/mol. The van der Waals surface area contributed by atoms with Crippen LogP contribution in [0.15, 0.2) is 24.5 Å². The number of carbonyl (C=O) groups excluding carboxylic acids is 1. The second-order valence-electron chi connectivity index (χ2n) is 6.10. The van der Waals surface area contributed by atoms with E-state index in [9.17, 15) is 4.79 Å². The first-order valence-electron chi connectivity index (χ1n) is 8.78. The van der Waals surface area contributed by atoms with Crippen molar-refractivity contribution in [2.75, 3.05) is 20.3 Å². The van der Waals surface area contributed by atoms with Gasteiger partial charge in [0.05, 0.1) is 24.4 Å². The Morgan fingerprint density at radius 1 is 1.31 bits per heavy atom. The van der Waals surface area contributed by atoms with E-state index >= 15 is 0 Å². The van der Waals surface area contributed by atoms with Crippen molar-refractivity contribution in [3.05, 3.63) is 40.7 Å². The van der Waals surface area contributed by atoms with Crippen LogP contribution in [0.1, 0.15) is 42.6 Å². The van der Waals surface area contributed by atoms with E-state index in [1.54, 1.807) is 35.0 Å². The summed E-state index contributed by atoms with van der Waals surface area (Å²) in [6, 6.07) is 3.33. The van der Waals surface area contributed by atoms with Crippen molar-refractivity contribution in [3.8, 4) is 11.5 Å². The van der Waals surface area contributed by atoms with E-state index in [0.29, 0.717) is 41.8 Å². The fourth-order valence-corrected chi connectivity index (χ4v) is 2.80. The standard InChI is InChI=1S/C19H26ClN3O3/c1-5-7-8-26-18-16(20)9-15(10-17(18)25-6-2)19(24)22(3)12-14-11-21-23(4)13-14/h9-11,13H,5-8,12H2,1-4H3. The van der Waals surface area contributed by atoms with Gasteiger partial charge in [0.1, 0.15) is 0 Å². The third-order valence-electron chi connectivity index (χ3n) is 3.83. The Morgan fingerprint density at radius 2 is 2.08 bits per heavy atom. The Hall–Kier alpha value is -2.21. The summed E-state index contributed by atoms with van der Waals surface area (Å²) in [6.45, 7) is 5.46. The van der Waals surface area contributed by atoms with Crippen molar-refractivity contribution < 1.29 is 14.3 Å². The van der Waals surface area contributed by atoms with Gasteiger partial charge >= 0.3 is 0 Å². The van der Waals surface area contributed by atoms with Gasteiger partial charge in [-0.2, -0.15) is 5.10 Å². The number of hydrogen-bond donors (Lipinski definition) is 0. The third-order valence-corrected chi connectivity index (χ3v) is 4.11. The van der Waals surface area contributed by atoms with Crippen LogP contribution in [-0.4, -0.2) is 40.8 Å². The minimum Gasteiger partial charge on any atom is -0.490 e. The van der Waals surface area contributed by atoms with E-state index in [1.165, 1.54) is 0 Å². The minimum absolute atomic E-state index is 0.142. The summed E-state index contributed by atoms with van der Waals surface area (Å²) in [7, 11) is 3.59. The number of aromatic nitrogens is 2. The van der Waals surface area contributed by atoms with Crippen LogP contribution in [0.2, 0.25) is 5.02 Å². The van der Waals surface area contributed by atoms with E-state index in [1.807, 2.05) is 20.2 Å². The molecule has 0 spiro atoms. The number of unbranched alkanes of at least 4 members (excludes halogenated alkanes) is 1. The largest absolute Gasteiger partial charge is 0.490 e. The van der Waals surface area contributed by atoms with Crippen molar-refractivity contribution in [1.82, 2.24) is 14.7 Å². The monoisotopic (exact) mass is 379 g/mol. The van der Waals surface area contributed by atoms with E-state index in [4.69, 9.17) is 21.1 Å². The zero-order valence-corrected chi connectivity index (χ0v) is 16.5. The van der Waals surface area contributed by atoms with Gasteiger partial charge in [-0.3, -0.25) is 9.48 Å². The first kappa shape index (κ1) is 20.1. The van der Waals surface area contributed by atoms with Crippen molar-refractivity contribution in [3.63, 3.8) is 0 Å². The number of carbonyl (C=O) groups is 1. The lowest BCUT2D eigenvalue weighted by atomic mass is 10.1. The molecule has 26 heavy (non-hydrogen) atoms. The SMILES string of the molecule is CCCCOc1c(Cl)cc(C(=O)N(C)Cc2cnn(C)c2)cc1OCC. The summed E-state index contributed by atoms with van der Waals surface area (Å²) in [6.07, 6.45) is 5.58. The number of hydrogen-bond acceptors (Lipinski definition) is 4. The lowest BCUT2D eigenvalue weighted by Gasteiger charge is -2.19. The number of benzene rings is 1. The van der Waals surface area contributed by atoms with Gasteiger partial charge in [0, 0.05) is 38.0 Å². The van der Waals surface area contributed by atoms with Crippen LogP contribution in [0.4, 0.5) is 0 Å². The third kappa shape index (κ3) is 5.14. The molecule has 1 aromatic heterocycles. The van der Waals surface area contributed by atoms with Crippen molar-refractivity contribution in [2.24, 2.45) is 7.05 Å². The predicted molar refractivity (Wildman–Crippen MR) is 102 cm³/mol. The van der Waals surface area contributed by atoms with Gasteiger partial charge in [-0.05, 0) is 25.5 Å². The Bertz CT molecular complexity index is 746. The Labute approximate surface area is 159 Å². The summed E-state index contributed by atoms with van der Waals surface area (Å²) in [5, 5.41) is 4.50. The summed E-state index contributed by atoms with van der Waals surface area (Å²) in [5.41, 5.74) is 1.42. The topological polar surface area (TPSA) is 56.6 Å². The predicted octanol–water partition coefficient (Wildman–Crippen LogP) is 3.92. The van der Waals surface area contributed by atoms with Crippen LogP contribution in [0.3, 0.4) is 0 Å². The highest BCUT2D eigenvalue weighted by Crippen LogP contribution is 2.37. The highest BCUT2D eigenvalue weighted by Gasteiger charge is 2.19. The zero-order chi connectivity index (χ0) is 19.1. The molecule has 1 amide bonds. The molecule has 0 N–H and O–H groups in total. The van der Waals surface area contributed by atoms with Crippen LogP contribution in [0, 0.1) is 0 Å². The number of ether oxygens (including phenoxy) is 2. The molecule has 1 heterocycles. The molecule has 0 fully saturated rings. The molecular formula is C19H26ClN3O3. The van der Waals surface area contributed by atoms with Crippen LogP contribution >= 0.6 is 11.6 Å². The lowest BCUT2D eigenvalue weighted by molar-refractivity contribution is 0.0784. The first-order valence-corrected chi connectivity index (χ1v) is 9.16. The van der Waals surface area contributed by atoms with Gasteiger partial charge < -0.3 is 14.4 Å². The summed E-state index contributed by atoms with van der Waals surface area (Å²) >= 11 is 6.37. The minimum atomic E-state index is -0.142. The Morgan fingerprint density at radius 3 is 2.69 bits per heavy atom. The molecule has 0 aliphatic carbocycles. The molecule has 7 heteroatoms. The van der Waals surface area contributed by atoms with Gasteiger partial charge in [-0.25, -0.2) is 0 Å². The molecule has 2 aromatic rings. The number of aryl methyl sites for hydroxylation is 1. The number of rotatable bonds is 9. The molecule has 1 aromatic carbocycles. The van der Waals surface area contributed by atoms with Crippen LogP contribution in [0.5, 0.6) is 11.5 Å². The second kappa shape index (κ2) is 9.48. The normalized spacial score (nSPS) is 10.7. The number of halogens is 1. The second-order valence-corrected chi connectivity index (χ2v) is 6.51. The molecule has 0 radical (unpaired) electrons. The summed E-state index contributed by atoms with van der Waals surface area (Å²) in [4.78, 5) is 14.4. The van der Waals surface area contributed by atoms with Crippen LogP contribution in [-0.2, 0) is 13.6 Å². The van der Waals surface area contributed by atoms with Gasteiger partial charge in [0.15, 0.2) is 11.5 Å². The smallest absolute Gasteiger partial charge is 0.254 e. The molecule has 0 atom stereocenters. The number of nitrogens with zero attached hydrogens (tertiary/aromatic N) is 3. The molecule has 0 aliphatic rings. The van der Waals surface area contributed by atoms with Crippen molar-refractivity contribution in [2.45, 2.75) is 33.2 Å². The fraction of sp³-hybridized carbons (Fsp3) is 0.474. The summed E-state index contributed by atoms with van der Waals surface area (Å²) in [5.74, 6) is 0.847. The van der Waals surface area contributed by atoms with E-state index in [2.05, 4.69) is 12.0 Å². The van der Waals surface area contributed by atoms with Gasteiger partial charge in [0.25, 0.3) is 5.91 Å². The molecule has 142 valence electrons. The van der Waals surface area contributed by atoms with E-state index in [-0.39, 0.29) is 5.91 Å². The van der Waals surface area contributed by atoms with Gasteiger partial charge in [-0.15, -0.1) is 0 Å².